The summed E-state index contributed by atoms with van der Waals surface area (Å²) in [6.45, 7) is 0.170. The molecule has 3 aromatic rings. The van der Waals surface area contributed by atoms with Crippen LogP contribution in [0.5, 0.6) is 5.75 Å². The van der Waals surface area contributed by atoms with Crippen LogP contribution in [0.4, 0.5) is 10.1 Å². The summed E-state index contributed by atoms with van der Waals surface area (Å²) in [5.74, 6) is -0.974. The summed E-state index contributed by atoms with van der Waals surface area (Å²) in [6.07, 6.45) is 0. The smallest absolute Gasteiger partial charge is 0.337 e. The van der Waals surface area contributed by atoms with Gasteiger partial charge in [-0.3, -0.25) is 4.79 Å². The maximum atomic E-state index is 13.0. The molecule has 0 aliphatic carbocycles. The molecule has 0 saturated heterocycles. The number of rotatable bonds is 6. The summed E-state index contributed by atoms with van der Waals surface area (Å²) < 4.78 is 23.5. The van der Waals surface area contributed by atoms with E-state index in [0.29, 0.717) is 5.75 Å². The zero-order valence-corrected chi connectivity index (χ0v) is 16.2. The lowest BCUT2D eigenvalue weighted by atomic mass is 10.1. The van der Waals surface area contributed by atoms with Crippen LogP contribution in [-0.4, -0.2) is 19.0 Å². The molecule has 29 heavy (non-hydrogen) atoms. The molecule has 0 radical (unpaired) electrons. The molecule has 1 amide bonds. The van der Waals surface area contributed by atoms with Crippen LogP contribution in [0.25, 0.3) is 0 Å². The predicted octanol–water partition coefficient (Wildman–Crippen LogP) is 5.10. The molecule has 0 fully saturated rings. The standard InChI is InChI=1S/C22H17ClFNO4/c1-28-22(27)15-8-11-18(23)19(12-15)25-21(26)17-4-2-3-5-20(17)29-13-14-6-9-16(24)10-7-14/h2-12H,13H2,1H3,(H,25,26). The van der Waals surface area contributed by atoms with Crippen LogP contribution in [0.3, 0.4) is 0 Å². The first kappa shape index (κ1) is 20.4. The lowest BCUT2D eigenvalue weighted by molar-refractivity contribution is 0.0600. The Bertz CT molecular complexity index is 1040. The molecule has 148 valence electrons. The number of hydrogen-bond donors (Lipinski definition) is 1. The average Bonchev–Trinajstić information content (AvgIpc) is 2.74. The van der Waals surface area contributed by atoms with Crippen LogP contribution in [0.15, 0.2) is 66.7 Å². The summed E-state index contributed by atoms with van der Waals surface area (Å²) in [5.41, 5.74) is 1.57. The Hall–Kier alpha value is -3.38. The molecular formula is C22H17ClFNO4. The van der Waals surface area contributed by atoms with Crippen LogP contribution < -0.4 is 10.1 Å². The average molecular weight is 414 g/mol. The number of ether oxygens (including phenoxy) is 2. The maximum absolute atomic E-state index is 13.0. The lowest BCUT2D eigenvalue weighted by Gasteiger charge is -2.13. The van der Waals surface area contributed by atoms with Crippen molar-refractivity contribution in [3.05, 3.63) is 94.3 Å². The number of anilines is 1. The van der Waals surface area contributed by atoms with Crippen molar-refractivity contribution in [1.29, 1.82) is 0 Å². The number of esters is 1. The van der Waals surface area contributed by atoms with Crippen LogP contribution in [-0.2, 0) is 11.3 Å². The highest BCUT2D eigenvalue weighted by Crippen LogP contribution is 2.26. The van der Waals surface area contributed by atoms with E-state index in [4.69, 9.17) is 16.3 Å². The Kier molecular flexibility index (Phi) is 6.46. The SMILES string of the molecule is COC(=O)c1ccc(Cl)c(NC(=O)c2ccccc2OCc2ccc(F)cc2)c1. The zero-order valence-electron chi connectivity index (χ0n) is 15.4. The lowest BCUT2D eigenvalue weighted by Crippen LogP contribution is -2.14. The molecule has 0 bridgehead atoms. The van der Waals surface area contributed by atoms with E-state index in [2.05, 4.69) is 10.1 Å². The molecule has 7 heteroatoms. The summed E-state index contributed by atoms with van der Waals surface area (Å²) in [4.78, 5) is 24.5. The summed E-state index contributed by atoms with van der Waals surface area (Å²) >= 11 is 6.14. The van der Waals surface area contributed by atoms with Crippen molar-refractivity contribution in [3.63, 3.8) is 0 Å². The number of amides is 1. The van der Waals surface area contributed by atoms with Crippen molar-refractivity contribution in [2.24, 2.45) is 0 Å². The van der Waals surface area contributed by atoms with Crippen LogP contribution >= 0.6 is 11.6 Å². The molecule has 0 aliphatic heterocycles. The summed E-state index contributed by atoms with van der Waals surface area (Å²) in [5, 5.41) is 2.96. The molecule has 0 heterocycles. The highest BCUT2D eigenvalue weighted by molar-refractivity contribution is 6.34. The summed E-state index contributed by atoms with van der Waals surface area (Å²) in [6, 6.07) is 17.0. The molecule has 3 aromatic carbocycles. The minimum atomic E-state index is -0.541. The van der Waals surface area contributed by atoms with E-state index in [1.165, 1.54) is 37.4 Å². The van der Waals surface area contributed by atoms with Crippen LogP contribution in [0, 0.1) is 5.82 Å². The van der Waals surface area contributed by atoms with E-state index in [0.717, 1.165) is 5.56 Å². The first-order valence-electron chi connectivity index (χ1n) is 8.63. The maximum Gasteiger partial charge on any atom is 0.337 e. The minimum Gasteiger partial charge on any atom is -0.488 e. The highest BCUT2D eigenvalue weighted by Gasteiger charge is 2.16. The van der Waals surface area contributed by atoms with Crippen LogP contribution in [0.2, 0.25) is 5.02 Å². The van der Waals surface area contributed by atoms with E-state index in [-0.39, 0.29) is 34.3 Å². The Morgan fingerprint density at radius 3 is 2.48 bits per heavy atom. The van der Waals surface area contributed by atoms with Gasteiger partial charge in [0, 0.05) is 0 Å². The zero-order chi connectivity index (χ0) is 20.8. The first-order chi connectivity index (χ1) is 14.0. The van der Waals surface area contributed by atoms with Gasteiger partial charge in [-0.2, -0.15) is 0 Å². The van der Waals surface area contributed by atoms with E-state index in [9.17, 15) is 14.0 Å². The van der Waals surface area contributed by atoms with Gasteiger partial charge in [0.05, 0.1) is 28.9 Å². The monoisotopic (exact) mass is 413 g/mol. The molecule has 0 aliphatic rings. The van der Waals surface area contributed by atoms with Crippen molar-refractivity contribution in [2.75, 3.05) is 12.4 Å². The second kappa shape index (κ2) is 9.21. The normalized spacial score (nSPS) is 10.3. The molecule has 0 aromatic heterocycles. The number of nitrogens with one attached hydrogen (secondary N) is 1. The van der Waals surface area contributed by atoms with Gasteiger partial charge in [-0.15, -0.1) is 0 Å². The van der Waals surface area contributed by atoms with Gasteiger partial charge in [-0.1, -0.05) is 35.9 Å². The largest absolute Gasteiger partial charge is 0.488 e. The number of hydrogen-bond acceptors (Lipinski definition) is 4. The summed E-state index contributed by atoms with van der Waals surface area (Å²) in [7, 11) is 1.27. The van der Waals surface area contributed by atoms with Crippen molar-refractivity contribution >= 4 is 29.2 Å². The molecule has 0 saturated carbocycles. The first-order valence-corrected chi connectivity index (χ1v) is 9.01. The Labute approximate surface area is 172 Å². The number of carbonyl (C=O) groups is 2. The molecule has 0 unspecified atom stereocenters. The third-order valence-corrected chi connectivity index (χ3v) is 4.40. The number of benzene rings is 3. The van der Waals surface area contributed by atoms with Gasteiger partial charge in [-0.25, -0.2) is 9.18 Å². The second-order valence-electron chi connectivity index (χ2n) is 6.05. The van der Waals surface area contributed by atoms with E-state index in [1.807, 2.05) is 0 Å². The number of para-hydroxylation sites is 1. The van der Waals surface area contributed by atoms with Gasteiger partial charge in [-0.05, 0) is 48.0 Å². The van der Waals surface area contributed by atoms with Crippen molar-refractivity contribution in [3.8, 4) is 5.75 Å². The fourth-order valence-electron chi connectivity index (χ4n) is 2.58. The van der Waals surface area contributed by atoms with E-state index in [1.54, 1.807) is 36.4 Å². The Morgan fingerprint density at radius 1 is 1.03 bits per heavy atom. The van der Waals surface area contributed by atoms with Gasteiger partial charge in [0.15, 0.2) is 0 Å². The van der Waals surface area contributed by atoms with Gasteiger partial charge in [0.25, 0.3) is 5.91 Å². The quantitative estimate of drug-likeness (QED) is 0.571. The van der Waals surface area contributed by atoms with E-state index < -0.39 is 11.9 Å². The fraction of sp³-hybridized carbons (Fsp3) is 0.0909. The third kappa shape index (κ3) is 5.12. The molecule has 0 atom stereocenters. The molecule has 5 nitrogen and oxygen atoms in total. The van der Waals surface area contributed by atoms with Crippen molar-refractivity contribution in [1.82, 2.24) is 0 Å². The predicted molar refractivity (Wildman–Crippen MR) is 108 cm³/mol. The van der Waals surface area contributed by atoms with Gasteiger partial charge in [0.2, 0.25) is 0 Å². The van der Waals surface area contributed by atoms with Crippen LogP contribution in [0.1, 0.15) is 26.3 Å². The van der Waals surface area contributed by atoms with Gasteiger partial charge < -0.3 is 14.8 Å². The Balaban J connectivity index is 1.78. The number of methoxy groups -OCH3 is 1. The molecule has 0 spiro atoms. The highest BCUT2D eigenvalue weighted by atomic mass is 35.5. The molecular weight excluding hydrogens is 397 g/mol. The fourth-order valence-corrected chi connectivity index (χ4v) is 2.74. The van der Waals surface area contributed by atoms with Crippen molar-refractivity contribution in [2.45, 2.75) is 6.61 Å². The van der Waals surface area contributed by atoms with Gasteiger partial charge in [0.1, 0.15) is 18.2 Å². The molecule has 3 rings (SSSR count). The third-order valence-electron chi connectivity index (χ3n) is 4.07. The Morgan fingerprint density at radius 2 is 1.76 bits per heavy atom. The number of carbonyl (C=O) groups excluding carboxylic acids is 2. The van der Waals surface area contributed by atoms with Crippen molar-refractivity contribution < 1.29 is 23.5 Å². The van der Waals surface area contributed by atoms with E-state index >= 15 is 0 Å². The molecule has 1 N–H and O–H groups in total. The van der Waals surface area contributed by atoms with Gasteiger partial charge >= 0.3 is 5.97 Å². The second-order valence-corrected chi connectivity index (χ2v) is 6.46. The topological polar surface area (TPSA) is 64.6 Å². The minimum absolute atomic E-state index is 0.170. The number of halogens is 2.